The molecule has 0 spiro atoms. The second-order valence-corrected chi connectivity index (χ2v) is 4.70. The molecule has 0 heterocycles. The van der Waals surface area contributed by atoms with Crippen LogP contribution in [-0.2, 0) is 0 Å². The Morgan fingerprint density at radius 3 is 2.65 bits per heavy atom. The summed E-state index contributed by atoms with van der Waals surface area (Å²) in [7, 11) is 0. The first kappa shape index (κ1) is 11.9. The smallest absolute Gasteiger partial charge is 0.137 e. The average molecular weight is 295 g/mol. The number of halogens is 2. The number of hydrogen-bond donors (Lipinski definition) is 2. The van der Waals surface area contributed by atoms with Crippen LogP contribution in [0.25, 0.3) is 0 Å². The van der Waals surface area contributed by atoms with E-state index in [1.807, 2.05) is 25.1 Å². The minimum absolute atomic E-state index is 0.284. The molecule has 2 rings (SSSR count). The zero-order valence-electron chi connectivity index (χ0n) is 9.30. The van der Waals surface area contributed by atoms with Crippen LogP contribution in [0.5, 0.6) is 0 Å². The van der Waals surface area contributed by atoms with Gasteiger partial charge in [0.15, 0.2) is 0 Å². The van der Waals surface area contributed by atoms with Gasteiger partial charge >= 0.3 is 0 Å². The van der Waals surface area contributed by atoms with E-state index in [2.05, 4.69) is 21.2 Å². The van der Waals surface area contributed by atoms with Crippen molar-refractivity contribution in [2.45, 2.75) is 6.92 Å². The monoisotopic (exact) mass is 294 g/mol. The number of rotatable bonds is 2. The maximum Gasteiger partial charge on any atom is 0.137 e. The van der Waals surface area contributed by atoms with E-state index in [0.717, 1.165) is 16.9 Å². The third-order valence-corrected chi connectivity index (χ3v) is 3.02. The molecule has 88 valence electrons. The van der Waals surface area contributed by atoms with E-state index in [-0.39, 0.29) is 5.82 Å². The quantitative estimate of drug-likeness (QED) is 0.814. The molecular formula is C13H12BrFN2. The minimum Gasteiger partial charge on any atom is -0.397 e. The lowest BCUT2D eigenvalue weighted by molar-refractivity contribution is 0.621. The Morgan fingerprint density at radius 1 is 1.18 bits per heavy atom. The molecule has 2 nitrogen and oxygen atoms in total. The fourth-order valence-electron chi connectivity index (χ4n) is 1.51. The van der Waals surface area contributed by atoms with Gasteiger partial charge in [-0.2, -0.15) is 0 Å². The summed E-state index contributed by atoms with van der Waals surface area (Å²) >= 11 is 3.15. The molecule has 0 radical (unpaired) electrons. The molecule has 0 bridgehead atoms. The van der Waals surface area contributed by atoms with E-state index < -0.39 is 0 Å². The maximum atomic E-state index is 13.1. The van der Waals surface area contributed by atoms with Crippen LogP contribution in [0, 0.1) is 12.7 Å². The van der Waals surface area contributed by atoms with Crippen LogP contribution in [0.3, 0.4) is 0 Å². The molecule has 0 atom stereocenters. The summed E-state index contributed by atoms with van der Waals surface area (Å²) in [5, 5.41) is 3.16. The zero-order chi connectivity index (χ0) is 12.4. The predicted octanol–water partition coefficient (Wildman–Crippen LogP) is 4.22. The van der Waals surface area contributed by atoms with Gasteiger partial charge in [0.25, 0.3) is 0 Å². The molecule has 0 unspecified atom stereocenters. The van der Waals surface area contributed by atoms with Gasteiger partial charge in [-0.1, -0.05) is 6.07 Å². The molecule has 2 aromatic rings. The van der Waals surface area contributed by atoms with Gasteiger partial charge in [0.1, 0.15) is 5.82 Å². The van der Waals surface area contributed by atoms with Crippen LogP contribution in [0.15, 0.2) is 40.9 Å². The van der Waals surface area contributed by atoms with Crippen LogP contribution in [-0.4, -0.2) is 0 Å². The third-order valence-electron chi connectivity index (χ3n) is 2.41. The maximum absolute atomic E-state index is 13.1. The number of aryl methyl sites for hydroxylation is 1. The standard InChI is InChI=1S/C13H12BrFN2/c1-8-2-5-12(16)13(6-8)17-9-3-4-11(15)10(14)7-9/h2-7,17H,16H2,1H3. The number of nitrogens with two attached hydrogens (primary N) is 1. The number of benzene rings is 2. The van der Waals surface area contributed by atoms with Gasteiger partial charge in [0.2, 0.25) is 0 Å². The molecule has 0 aliphatic carbocycles. The molecule has 17 heavy (non-hydrogen) atoms. The highest BCUT2D eigenvalue weighted by Crippen LogP contribution is 2.26. The summed E-state index contributed by atoms with van der Waals surface area (Å²) in [5.41, 5.74) is 9.24. The van der Waals surface area contributed by atoms with E-state index in [4.69, 9.17) is 5.73 Å². The lowest BCUT2D eigenvalue weighted by Gasteiger charge is -2.10. The lowest BCUT2D eigenvalue weighted by Crippen LogP contribution is -1.97. The zero-order valence-corrected chi connectivity index (χ0v) is 10.9. The molecule has 0 amide bonds. The molecule has 3 N–H and O–H groups in total. The van der Waals surface area contributed by atoms with Crippen molar-refractivity contribution in [1.82, 2.24) is 0 Å². The summed E-state index contributed by atoms with van der Waals surface area (Å²) in [6.45, 7) is 1.99. The lowest BCUT2D eigenvalue weighted by atomic mass is 10.2. The van der Waals surface area contributed by atoms with E-state index in [9.17, 15) is 4.39 Å². The highest BCUT2D eigenvalue weighted by molar-refractivity contribution is 9.10. The predicted molar refractivity (Wildman–Crippen MR) is 73.0 cm³/mol. The van der Waals surface area contributed by atoms with Gasteiger partial charge < -0.3 is 11.1 Å². The summed E-state index contributed by atoms with van der Waals surface area (Å²) in [5.74, 6) is -0.284. The van der Waals surface area contributed by atoms with Crippen LogP contribution in [0.1, 0.15) is 5.56 Å². The van der Waals surface area contributed by atoms with E-state index in [1.165, 1.54) is 6.07 Å². The van der Waals surface area contributed by atoms with Crippen molar-refractivity contribution in [3.8, 4) is 0 Å². The minimum atomic E-state index is -0.284. The normalized spacial score (nSPS) is 10.3. The Balaban J connectivity index is 2.31. The van der Waals surface area contributed by atoms with Crippen molar-refractivity contribution in [1.29, 1.82) is 0 Å². The van der Waals surface area contributed by atoms with Crippen molar-refractivity contribution in [2.75, 3.05) is 11.1 Å². The first-order valence-electron chi connectivity index (χ1n) is 5.14. The van der Waals surface area contributed by atoms with Crippen molar-refractivity contribution < 1.29 is 4.39 Å². The summed E-state index contributed by atoms with van der Waals surface area (Å²) in [6, 6.07) is 10.5. The highest BCUT2D eigenvalue weighted by atomic mass is 79.9. The Hall–Kier alpha value is -1.55. The van der Waals surface area contributed by atoms with Crippen molar-refractivity contribution in [3.05, 3.63) is 52.3 Å². The van der Waals surface area contributed by atoms with E-state index in [1.54, 1.807) is 12.1 Å². The topological polar surface area (TPSA) is 38.0 Å². The Kier molecular flexibility index (Phi) is 3.33. The molecule has 0 aliphatic rings. The molecule has 0 saturated heterocycles. The van der Waals surface area contributed by atoms with Gasteiger partial charge in [0, 0.05) is 5.69 Å². The van der Waals surface area contributed by atoms with Crippen molar-refractivity contribution in [3.63, 3.8) is 0 Å². The van der Waals surface area contributed by atoms with E-state index in [0.29, 0.717) is 10.2 Å². The van der Waals surface area contributed by atoms with Gasteiger partial charge in [-0.05, 0) is 58.7 Å². The number of anilines is 3. The number of nitrogens with one attached hydrogen (secondary N) is 1. The average Bonchev–Trinajstić information content (AvgIpc) is 2.29. The second kappa shape index (κ2) is 4.75. The van der Waals surface area contributed by atoms with Crippen molar-refractivity contribution in [2.24, 2.45) is 0 Å². The molecular weight excluding hydrogens is 283 g/mol. The first-order valence-corrected chi connectivity index (χ1v) is 5.94. The summed E-state index contributed by atoms with van der Waals surface area (Å²) in [6.07, 6.45) is 0. The fraction of sp³-hybridized carbons (Fsp3) is 0.0769. The third kappa shape index (κ3) is 2.77. The highest BCUT2D eigenvalue weighted by Gasteiger charge is 2.03. The van der Waals surface area contributed by atoms with Gasteiger partial charge in [-0.3, -0.25) is 0 Å². The van der Waals surface area contributed by atoms with Gasteiger partial charge in [-0.25, -0.2) is 4.39 Å². The van der Waals surface area contributed by atoms with Crippen LogP contribution in [0.4, 0.5) is 21.5 Å². The summed E-state index contributed by atoms with van der Waals surface area (Å²) < 4.78 is 13.5. The molecule has 0 fully saturated rings. The summed E-state index contributed by atoms with van der Waals surface area (Å²) in [4.78, 5) is 0. The first-order chi connectivity index (χ1) is 8.06. The van der Waals surface area contributed by atoms with Crippen molar-refractivity contribution >= 4 is 33.0 Å². The van der Waals surface area contributed by atoms with Gasteiger partial charge in [-0.15, -0.1) is 0 Å². The SMILES string of the molecule is Cc1ccc(N)c(Nc2ccc(F)c(Br)c2)c1. The van der Waals surface area contributed by atoms with Crippen LogP contribution < -0.4 is 11.1 Å². The Bertz CT molecular complexity index is 555. The molecule has 0 aromatic heterocycles. The van der Waals surface area contributed by atoms with E-state index >= 15 is 0 Å². The number of nitrogen functional groups attached to an aromatic ring is 1. The Morgan fingerprint density at radius 2 is 1.94 bits per heavy atom. The molecule has 2 aromatic carbocycles. The fourth-order valence-corrected chi connectivity index (χ4v) is 1.89. The second-order valence-electron chi connectivity index (χ2n) is 3.84. The molecule has 4 heteroatoms. The molecule has 0 saturated carbocycles. The molecule has 0 aliphatic heterocycles. The largest absolute Gasteiger partial charge is 0.397 e. The number of hydrogen-bond acceptors (Lipinski definition) is 2. The van der Waals surface area contributed by atoms with Crippen LogP contribution in [0.2, 0.25) is 0 Å². The Labute approximate surface area is 108 Å². The van der Waals surface area contributed by atoms with Gasteiger partial charge in [0.05, 0.1) is 15.8 Å². The van der Waals surface area contributed by atoms with Crippen LogP contribution >= 0.6 is 15.9 Å².